The maximum atomic E-state index is 11.9. The summed E-state index contributed by atoms with van der Waals surface area (Å²) >= 11 is 5.98. The lowest BCUT2D eigenvalue weighted by Gasteiger charge is -2.11. The average Bonchev–Trinajstić information content (AvgIpc) is 2.51. The molecule has 0 aliphatic heterocycles. The summed E-state index contributed by atoms with van der Waals surface area (Å²) in [6.45, 7) is 5.93. The zero-order valence-electron chi connectivity index (χ0n) is 12.9. The highest BCUT2D eigenvalue weighted by Gasteiger charge is 2.11. The van der Waals surface area contributed by atoms with Crippen molar-refractivity contribution in [2.75, 3.05) is 5.32 Å². The number of aromatic nitrogens is 2. The lowest BCUT2D eigenvalue weighted by molar-refractivity contribution is 0.0933. The Bertz CT molecular complexity index is 658. The second kappa shape index (κ2) is 7.22. The number of aryl methyl sites for hydroxylation is 1. The van der Waals surface area contributed by atoms with Crippen LogP contribution in [0.4, 0.5) is 11.5 Å². The highest BCUT2D eigenvalue weighted by atomic mass is 35.5. The first-order chi connectivity index (χ1) is 10.5. The molecule has 1 heterocycles. The molecular formula is C16H19ClN4O. The molecule has 0 saturated carbocycles. The van der Waals surface area contributed by atoms with Crippen LogP contribution in [-0.2, 0) is 0 Å². The Hall–Kier alpha value is -2.14. The summed E-state index contributed by atoms with van der Waals surface area (Å²) in [6, 6.07) is 9.05. The monoisotopic (exact) mass is 318 g/mol. The number of hydrogen-bond acceptors (Lipinski definition) is 4. The molecule has 0 saturated heterocycles. The predicted octanol–water partition coefficient (Wildman–Crippen LogP) is 3.71. The van der Waals surface area contributed by atoms with E-state index in [9.17, 15) is 4.79 Å². The van der Waals surface area contributed by atoms with Crippen molar-refractivity contribution >= 4 is 29.0 Å². The van der Waals surface area contributed by atoms with Crippen LogP contribution in [0.5, 0.6) is 0 Å². The Kier molecular flexibility index (Phi) is 5.33. The van der Waals surface area contributed by atoms with Gasteiger partial charge in [0.05, 0.1) is 0 Å². The second-order valence-corrected chi connectivity index (χ2v) is 5.61. The minimum atomic E-state index is -0.215. The SMILES string of the molecule is CCC(C)NC(=O)c1ccc(Nc2cc(Cl)ccc2C)nn1. The molecule has 0 bridgehead atoms. The molecule has 2 aromatic rings. The van der Waals surface area contributed by atoms with E-state index in [0.717, 1.165) is 17.7 Å². The summed E-state index contributed by atoms with van der Waals surface area (Å²) in [4.78, 5) is 11.9. The number of rotatable bonds is 5. The zero-order chi connectivity index (χ0) is 16.1. The molecule has 0 radical (unpaired) electrons. The molecule has 0 aliphatic rings. The van der Waals surface area contributed by atoms with E-state index in [2.05, 4.69) is 20.8 Å². The van der Waals surface area contributed by atoms with E-state index in [1.807, 2.05) is 39.0 Å². The van der Waals surface area contributed by atoms with Crippen molar-refractivity contribution < 1.29 is 4.79 Å². The number of carbonyl (C=O) groups excluding carboxylic acids is 1. The van der Waals surface area contributed by atoms with Crippen molar-refractivity contribution in [2.24, 2.45) is 0 Å². The van der Waals surface area contributed by atoms with Gasteiger partial charge in [0.25, 0.3) is 5.91 Å². The van der Waals surface area contributed by atoms with Crippen molar-refractivity contribution in [3.63, 3.8) is 0 Å². The third kappa shape index (κ3) is 4.18. The number of carbonyl (C=O) groups is 1. The van der Waals surface area contributed by atoms with E-state index in [0.29, 0.717) is 16.5 Å². The number of nitrogens with one attached hydrogen (secondary N) is 2. The number of anilines is 2. The Morgan fingerprint density at radius 2 is 2.05 bits per heavy atom. The molecule has 2 N–H and O–H groups in total. The molecular weight excluding hydrogens is 300 g/mol. The first kappa shape index (κ1) is 16.2. The van der Waals surface area contributed by atoms with E-state index in [-0.39, 0.29) is 11.9 Å². The van der Waals surface area contributed by atoms with Gasteiger partial charge in [-0.05, 0) is 50.1 Å². The largest absolute Gasteiger partial charge is 0.348 e. The summed E-state index contributed by atoms with van der Waals surface area (Å²) in [7, 11) is 0. The van der Waals surface area contributed by atoms with Crippen molar-refractivity contribution in [3.8, 4) is 0 Å². The highest BCUT2D eigenvalue weighted by Crippen LogP contribution is 2.22. The minimum absolute atomic E-state index is 0.112. The van der Waals surface area contributed by atoms with E-state index >= 15 is 0 Å². The Labute approximate surface area is 135 Å². The molecule has 1 aromatic heterocycles. The fourth-order valence-corrected chi connectivity index (χ4v) is 1.96. The Balaban J connectivity index is 2.09. The molecule has 6 heteroatoms. The maximum Gasteiger partial charge on any atom is 0.272 e. The molecule has 1 atom stereocenters. The van der Waals surface area contributed by atoms with Gasteiger partial charge >= 0.3 is 0 Å². The van der Waals surface area contributed by atoms with E-state index in [1.165, 1.54) is 0 Å². The standard InChI is InChI=1S/C16H19ClN4O/c1-4-11(3)18-16(22)13-7-8-15(21-20-13)19-14-9-12(17)6-5-10(14)2/h5-9,11H,4H2,1-3H3,(H,18,22)(H,19,21). The van der Waals surface area contributed by atoms with Crippen LogP contribution in [0.2, 0.25) is 5.02 Å². The van der Waals surface area contributed by atoms with Crippen LogP contribution < -0.4 is 10.6 Å². The Morgan fingerprint density at radius 3 is 2.68 bits per heavy atom. The number of hydrogen-bond donors (Lipinski definition) is 2. The summed E-state index contributed by atoms with van der Waals surface area (Å²) < 4.78 is 0. The van der Waals surface area contributed by atoms with Crippen molar-refractivity contribution in [1.82, 2.24) is 15.5 Å². The number of nitrogens with zero attached hydrogens (tertiary/aromatic N) is 2. The quantitative estimate of drug-likeness (QED) is 0.882. The van der Waals surface area contributed by atoms with Gasteiger partial charge in [0, 0.05) is 16.8 Å². The van der Waals surface area contributed by atoms with Gasteiger partial charge in [-0.1, -0.05) is 24.6 Å². The lowest BCUT2D eigenvalue weighted by Crippen LogP contribution is -2.32. The first-order valence-corrected chi connectivity index (χ1v) is 7.55. The van der Waals surface area contributed by atoms with E-state index in [4.69, 9.17) is 11.6 Å². The van der Waals surface area contributed by atoms with E-state index in [1.54, 1.807) is 12.1 Å². The third-order valence-electron chi connectivity index (χ3n) is 3.35. The fourth-order valence-electron chi connectivity index (χ4n) is 1.79. The normalized spacial score (nSPS) is 11.8. The Morgan fingerprint density at radius 1 is 1.27 bits per heavy atom. The number of benzene rings is 1. The number of halogens is 1. The molecule has 1 amide bonds. The maximum absolute atomic E-state index is 11.9. The van der Waals surface area contributed by atoms with Gasteiger partial charge in [-0.2, -0.15) is 0 Å². The molecule has 116 valence electrons. The minimum Gasteiger partial charge on any atom is -0.348 e. The van der Waals surface area contributed by atoms with Gasteiger partial charge in [-0.25, -0.2) is 0 Å². The van der Waals surface area contributed by atoms with Crippen molar-refractivity contribution in [2.45, 2.75) is 33.2 Å². The highest BCUT2D eigenvalue weighted by molar-refractivity contribution is 6.30. The zero-order valence-corrected chi connectivity index (χ0v) is 13.6. The van der Waals surface area contributed by atoms with Gasteiger partial charge in [-0.3, -0.25) is 4.79 Å². The summed E-state index contributed by atoms with van der Waals surface area (Å²) in [5.74, 6) is 0.345. The van der Waals surface area contributed by atoms with Crippen LogP contribution in [0.3, 0.4) is 0 Å². The van der Waals surface area contributed by atoms with Crippen molar-refractivity contribution in [1.29, 1.82) is 0 Å². The molecule has 2 rings (SSSR count). The van der Waals surface area contributed by atoms with Crippen LogP contribution in [0.1, 0.15) is 36.3 Å². The van der Waals surface area contributed by atoms with Gasteiger partial charge in [0.1, 0.15) is 0 Å². The first-order valence-electron chi connectivity index (χ1n) is 7.17. The lowest BCUT2D eigenvalue weighted by atomic mass is 10.2. The molecule has 5 nitrogen and oxygen atoms in total. The average molecular weight is 319 g/mol. The predicted molar refractivity (Wildman–Crippen MR) is 88.7 cm³/mol. The molecule has 0 aliphatic carbocycles. The molecule has 1 aromatic carbocycles. The van der Waals surface area contributed by atoms with Gasteiger partial charge in [-0.15, -0.1) is 10.2 Å². The molecule has 22 heavy (non-hydrogen) atoms. The van der Waals surface area contributed by atoms with Gasteiger partial charge in [0.2, 0.25) is 0 Å². The van der Waals surface area contributed by atoms with E-state index < -0.39 is 0 Å². The summed E-state index contributed by atoms with van der Waals surface area (Å²) in [6.07, 6.45) is 0.868. The van der Waals surface area contributed by atoms with Crippen LogP contribution >= 0.6 is 11.6 Å². The fraction of sp³-hybridized carbons (Fsp3) is 0.312. The summed E-state index contributed by atoms with van der Waals surface area (Å²) in [5.41, 5.74) is 2.21. The summed E-state index contributed by atoms with van der Waals surface area (Å²) in [5, 5.41) is 14.6. The third-order valence-corrected chi connectivity index (χ3v) is 3.58. The second-order valence-electron chi connectivity index (χ2n) is 5.17. The van der Waals surface area contributed by atoms with Crippen LogP contribution in [0.15, 0.2) is 30.3 Å². The van der Waals surface area contributed by atoms with Gasteiger partial charge < -0.3 is 10.6 Å². The van der Waals surface area contributed by atoms with Crippen LogP contribution in [-0.4, -0.2) is 22.1 Å². The topological polar surface area (TPSA) is 66.9 Å². The smallest absolute Gasteiger partial charge is 0.272 e. The van der Waals surface area contributed by atoms with Crippen LogP contribution in [0, 0.1) is 6.92 Å². The van der Waals surface area contributed by atoms with Crippen molar-refractivity contribution in [3.05, 3.63) is 46.6 Å². The molecule has 0 spiro atoms. The molecule has 1 unspecified atom stereocenters. The van der Waals surface area contributed by atoms with Crippen LogP contribution in [0.25, 0.3) is 0 Å². The van der Waals surface area contributed by atoms with Gasteiger partial charge in [0.15, 0.2) is 11.5 Å². The molecule has 0 fully saturated rings. The number of amides is 1.